The van der Waals surface area contributed by atoms with E-state index in [1.54, 1.807) is 0 Å². The van der Waals surface area contributed by atoms with Gasteiger partial charge in [0.2, 0.25) is 0 Å². The number of nitrogens with zero attached hydrogens (tertiary/aromatic N) is 3. The Morgan fingerprint density at radius 2 is 2.07 bits per heavy atom. The van der Waals surface area contributed by atoms with Crippen molar-refractivity contribution >= 4 is 5.82 Å². The maximum Gasteiger partial charge on any atom is 0.144 e. The molecule has 0 radical (unpaired) electrons. The first-order valence-electron chi connectivity index (χ1n) is 4.85. The minimum Gasteiger partial charge on any atom is -0.370 e. The Balaban J connectivity index is 2.83. The first kappa shape index (κ1) is 10.9. The second-order valence-electron chi connectivity index (χ2n) is 3.58. The molecular formula is C10H18N4. The molecule has 0 aliphatic rings. The Kier molecular flexibility index (Phi) is 3.83. The summed E-state index contributed by atoms with van der Waals surface area (Å²) in [5.74, 6) is 1.78. The van der Waals surface area contributed by atoms with Crippen LogP contribution < -0.4 is 5.32 Å². The van der Waals surface area contributed by atoms with E-state index in [0.717, 1.165) is 30.4 Å². The lowest BCUT2D eigenvalue weighted by molar-refractivity contribution is 0.390. The lowest BCUT2D eigenvalue weighted by Crippen LogP contribution is -2.14. The van der Waals surface area contributed by atoms with E-state index in [1.165, 1.54) is 0 Å². The summed E-state index contributed by atoms with van der Waals surface area (Å²) in [7, 11) is 4.03. The largest absolute Gasteiger partial charge is 0.370 e. The van der Waals surface area contributed by atoms with Crippen molar-refractivity contribution in [1.29, 1.82) is 0 Å². The van der Waals surface area contributed by atoms with Crippen molar-refractivity contribution in [3.05, 3.63) is 17.6 Å². The molecule has 78 valence electrons. The molecule has 0 saturated heterocycles. The van der Waals surface area contributed by atoms with E-state index in [9.17, 15) is 0 Å². The molecule has 0 amide bonds. The van der Waals surface area contributed by atoms with E-state index in [1.807, 2.05) is 27.1 Å². The fraction of sp³-hybridized carbons (Fsp3) is 0.600. The summed E-state index contributed by atoms with van der Waals surface area (Å²) in [5.41, 5.74) is 1.01. The molecule has 0 saturated carbocycles. The Morgan fingerprint density at radius 1 is 1.36 bits per heavy atom. The lowest BCUT2D eigenvalue weighted by Gasteiger charge is -2.10. The van der Waals surface area contributed by atoms with Crippen LogP contribution in [0.5, 0.6) is 0 Å². The van der Waals surface area contributed by atoms with Crippen LogP contribution in [0.3, 0.4) is 0 Å². The monoisotopic (exact) mass is 194 g/mol. The molecule has 1 N–H and O–H groups in total. The van der Waals surface area contributed by atoms with Gasteiger partial charge in [-0.05, 0) is 27.9 Å². The summed E-state index contributed by atoms with van der Waals surface area (Å²) in [6.07, 6.45) is 0. The van der Waals surface area contributed by atoms with Crippen LogP contribution in [0.4, 0.5) is 5.82 Å². The number of rotatable bonds is 4. The molecule has 0 spiro atoms. The van der Waals surface area contributed by atoms with Crippen LogP contribution in [-0.4, -0.2) is 35.5 Å². The summed E-state index contributed by atoms with van der Waals surface area (Å²) in [6.45, 7) is 5.71. The van der Waals surface area contributed by atoms with Crippen molar-refractivity contribution < 1.29 is 0 Å². The van der Waals surface area contributed by atoms with Gasteiger partial charge in [-0.15, -0.1) is 0 Å². The second-order valence-corrected chi connectivity index (χ2v) is 3.58. The molecule has 0 unspecified atom stereocenters. The van der Waals surface area contributed by atoms with Crippen molar-refractivity contribution in [2.45, 2.75) is 20.4 Å². The first-order valence-corrected chi connectivity index (χ1v) is 4.85. The fourth-order valence-corrected chi connectivity index (χ4v) is 1.26. The van der Waals surface area contributed by atoms with E-state index in [-0.39, 0.29) is 0 Å². The van der Waals surface area contributed by atoms with Crippen LogP contribution in [0.25, 0.3) is 0 Å². The SMILES string of the molecule is CCNc1cc(C)nc(CN(C)C)n1. The number of hydrogen-bond donors (Lipinski definition) is 1. The van der Waals surface area contributed by atoms with Gasteiger partial charge >= 0.3 is 0 Å². The Morgan fingerprint density at radius 3 is 2.64 bits per heavy atom. The summed E-state index contributed by atoms with van der Waals surface area (Å²) in [6, 6.07) is 1.96. The molecular weight excluding hydrogens is 176 g/mol. The van der Waals surface area contributed by atoms with Crippen molar-refractivity contribution in [3.8, 4) is 0 Å². The van der Waals surface area contributed by atoms with Crippen LogP contribution in [0.1, 0.15) is 18.4 Å². The van der Waals surface area contributed by atoms with Crippen LogP contribution in [0, 0.1) is 6.92 Å². The van der Waals surface area contributed by atoms with E-state index in [0.29, 0.717) is 0 Å². The highest BCUT2D eigenvalue weighted by Crippen LogP contribution is 2.06. The van der Waals surface area contributed by atoms with Gasteiger partial charge in [0.15, 0.2) is 0 Å². The maximum absolute atomic E-state index is 4.40. The molecule has 14 heavy (non-hydrogen) atoms. The minimum absolute atomic E-state index is 0.778. The van der Waals surface area contributed by atoms with Gasteiger partial charge < -0.3 is 10.2 Å². The van der Waals surface area contributed by atoms with Gasteiger partial charge in [-0.1, -0.05) is 0 Å². The number of anilines is 1. The first-order chi connectivity index (χ1) is 6.61. The summed E-state index contributed by atoms with van der Waals surface area (Å²) < 4.78 is 0. The van der Waals surface area contributed by atoms with Gasteiger partial charge in [0.25, 0.3) is 0 Å². The van der Waals surface area contributed by atoms with Gasteiger partial charge in [0, 0.05) is 18.3 Å². The fourth-order valence-electron chi connectivity index (χ4n) is 1.26. The molecule has 0 bridgehead atoms. The van der Waals surface area contributed by atoms with E-state index in [4.69, 9.17) is 0 Å². The van der Waals surface area contributed by atoms with Crippen LogP contribution >= 0.6 is 0 Å². The normalized spacial score (nSPS) is 10.6. The smallest absolute Gasteiger partial charge is 0.144 e. The summed E-state index contributed by atoms with van der Waals surface area (Å²) in [5, 5.41) is 3.19. The van der Waals surface area contributed by atoms with E-state index >= 15 is 0 Å². The molecule has 0 fully saturated rings. The van der Waals surface area contributed by atoms with Gasteiger partial charge in [0.1, 0.15) is 11.6 Å². The zero-order valence-corrected chi connectivity index (χ0v) is 9.33. The predicted molar refractivity (Wildman–Crippen MR) is 58.3 cm³/mol. The van der Waals surface area contributed by atoms with E-state index in [2.05, 4.69) is 27.1 Å². The highest BCUT2D eigenvalue weighted by atomic mass is 15.1. The number of aromatic nitrogens is 2. The molecule has 4 heteroatoms. The number of hydrogen-bond acceptors (Lipinski definition) is 4. The standard InChI is InChI=1S/C10H18N4/c1-5-11-9-6-8(2)12-10(13-9)7-14(3)4/h6H,5,7H2,1-4H3,(H,11,12,13). The summed E-state index contributed by atoms with van der Waals surface area (Å²) >= 11 is 0. The number of aryl methyl sites for hydroxylation is 1. The topological polar surface area (TPSA) is 41.1 Å². The molecule has 0 aliphatic carbocycles. The molecule has 0 aromatic carbocycles. The quantitative estimate of drug-likeness (QED) is 0.784. The highest BCUT2D eigenvalue weighted by molar-refractivity contribution is 5.35. The van der Waals surface area contributed by atoms with Crippen molar-refractivity contribution in [2.75, 3.05) is 26.0 Å². The Bertz CT molecular complexity index is 296. The molecule has 1 rings (SSSR count). The molecule has 0 atom stereocenters. The summed E-state index contributed by atoms with van der Waals surface area (Å²) in [4.78, 5) is 10.8. The average molecular weight is 194 g/mol. The average Bonchev–Trinajstić information content (AvgIpc) is 2.01. The third-order valence-corrected chi connectivity index (χ3v) is 1.72. The molecule has 1 heterocycles. The Labute approximate surface area is 85.4 Å². The van der Waals surface area contributed by atoms with Gasteiger partial charge in [0.05, 0.1) is 6.54 Å². The van der Waals surface area contributed by atoms with Crippen molar-refractivity contribution in [1.82, 2.24) is 14.9 Å². The zero-order chi connectivity index (χ0) is 10.6. The second kappa shape index (κ2) is 4.91. The van der Waals surface area contributed by atoms with Gasteiger partial charge in [-0.2, -0.15) is 0 Å². The minimum atomic E-state index is 0.778. The third kappa shape index (κ3) is 3.30. The van der Waals surface area contributed by atoms with Crippen molar-refractivity contribution in [3.63, 3.8) is 0 Å². The maximum atomic E-state index is 4.40. The van der Waals surface area contributed by atoms with Gasteiger partial charge in [-0.25, -0.2) is 9.97 Å². The van der Waals surface area contributed by atoms with Crippen LogP contribution in [0.2, 0.25) is 0 Å². The molecule has 1 aromatic heterocycles. The van der Waals surface area contributed by atoms with Crippen LogP contribution in [0.15, 0.2) is 6.07 Å². The van der Waals surface area contributed by atoms with E-state index < -0.39 is 0 Å². The Hall–Kier alpha value is -1.16. The number of nitrogens with one attached hydrogen (secondary N) is 1. The molecule has 4 nitrogen and oxygen atoms in total. The third-order valence-electron chi connectivity index (χ3n) is 1.72. The van der Waals surface area contributed by atoms with Crippen LogP contribution in [-0.2, 0) is 6.54 Å². The molecule has 1 aromatic rings. The lowest BCUT2D eigenvalue weighted by atomic mass is 10.4. The van der Waals surface area contributed by atoms with Crippen molar-refractivity contribution in [2.24, 2.45) is 0 Å². The highest BCUT2D eigenvalue weighted by Gasteiger charge is 2.02. The molecule has 0 aliphatic heterocycles. The van der Waals surface area contributed by atoms with Gasteiger partial charge in [-0.3, -0.25) is 0 Å². The predicted octanol–water partition coefficient (Wildman–Crippen LogP) is 1.28. The zero-order valence-electron chi connectivity index (χ0n) is 9.33.